The van der Waals surface area contributed by atoms with Crippen LogP contribution in [0.15, 0.2) is 18.2 Å². The maximum Gasteiger partial charge on any atom is 0.267 e. The van der Waals surface area contributed by atoms with Gasteiger partial charge in [0.25, 0.3) is 5.91 Å². The highest BCUT2D eigenvalue weighted by molar-refractivity contribution is 7.09. The van der Waals surface area contributed by atoms with Gasteiger partial charge in [-0.3, -0.25) is 4.79 Å². The summed E-state index contributed by atoms with van der Waals surface area (Å²) >= 11 is 0.911. The van der Waals surface area contributed by atoms with E-state index in [1.165, 1.54) is 23.1 Å². The fraction of sp³-hybridized carbons (Fsp3) is 0.250. The first-order valence-corrected chi connectivity index (χ1v) is 7.75. The van der Waals surface area contributed by atoms with E-state index in [0.29, 0.717) is 12.1 Å². The average Bonchev–Trinajstić information content (AvgIpc) is 3.15. The van der Waals surface area contributed by atoms with E-state index in [2.05, 4.69) is 21.2 Å². The van der Waals surface area contributed by atoms with Gasteiger partial charge in [-0.1, -0.05) is 11.8 Å². The fourth-order valence-corrected chi connectivity index (χ4v) is 2.93. The van der Waals surface area contributed by atoms with Gasteiger partial charge in [-0.05, 0) is 29.7 Å². The predicted octanol–water partition coefficient (Wildman–Crippen LogP) is 1.16. The molecule has 0 unspecified atom stereocenters. The normalized spacial score (nSPS) is 19.8. The van der Waals surface area contributed by atoms with Crippen LogP contribution >= 0.6 is 11.5 Å². The van der Waals surface area contributed by atoms with Crippen LogP contribution in [0.25, 0.3) is 10.6 Å². The highest BCUT2D eigenvalue weighted by atomic mass is 32.1. The number of hydrogen-bond acceptors (Lipinski definition) is 6. The van der Waals surface area contributed by atoms with Crippen LogP contribution in [0.5, 0.6) is 0 Å². The van der Waals surface area contributed by atoms with Crippen molar-refractivity contribution < 1.29 is 14.3 Å². The highest BCUT2D eigenvalue weighted by Gasteiger charge is 2.42. The van der Waals surface area contributed by atoms with Crippen LogP contribution < -0.4 is 0 Å². The summed E-state index contributed by atoms with van der Waals surface area (Å²) in [4.78, 5) is 17.2. The Morgan fingerprint density at radius 3 is 2.92 bits per heavy atom. The lowest BCUT2D eigenvalue weighted by Gasteiger charge is -2.13. The number of rotatable bonds is 1. The minimum atomic E-state index is -1.71. The minimum Gasteiger partial charge on any atom is -0.369 e. The van der Waals surface area contributed by atoms with E-state index >= 15 is 0 Å². The number of carbonyl (C=O) groups excluding carboxylic acids is 1. The lowest BCUT2D eigenvalue weighted by molar-refractivity contribution is -0.137. The van der Waals surface area contributed by atoms with Crippen molar-refractivity contribution in [3.05, 3.63) is 35.4 Å². The Bertz CT molecular complexity index is 924. The highest BCUT2D eigenvalue weighted by Crippen LogP contribution is 2.26. The summed E-state index contributed by atoms with van der Waals surface area (Å²) in [5.41, 5.74) is -1.11. The third-order valence-corrected chi connectivity index (χ3v) is 4.39. The Morgan fingerprint density at radius 2 is 2.29 bits per heavy atom. The second kappa shape index (κ2) is 6.00. The van der Waals surface area contributed by atoms with E-state index in [4.69, 9.17) is 5.26 Å². The summed E-state index contributed by atoms with van der Waals surface area (Å²) in [5.74, 6) is 4.30. The second-order valence-electron chi connectivity index (χ2n) is 5.32. The maximum atomic E-state index is 14.0. The van der Waals surface area contributed by atoms with Crippen molar-refractivity contribution in [1.29, 1.82) is 5.26 Å². The van der Waals surface area contributed by atoms with Crippen molar-refractivity contribution in [2.45, 2.75) is 12.0 Å². The number of likely N-dealkylation sites (tertiary alicyclic amines) is 1. The summed E-state index contributed by atoms with van der Waals surface area (Å²) in [6, 6.07) is 5.92. The standard InChI is InChI=1S/C16H11FN4O2S/c1-21-7-6-16(23,15(21)22)5-4-10-2-3-12(17)11(8-10)14-19-13(9-18)20-24-14/h2-3,8,23H,6-7H2,1H3/t16-/m0/s1. The van der Waals surface area contributed by atoms with Gasteiger partial charge in [0, 0.05) is 31.1 Å². The van der Waals surface area contributed by atoms with Crippen molar-refractivity contribution >= 4 is 17.4 Å². The molecule has 0 bridgehead atoms. The molecule has 8 heteroatoms. The number of nitriles is 1. The SMILES string of the molecule is CN1CC[C@@](O)(C#Cc2ccc(F)c(-c3nc(C#N)ns3)c2)C1=O. The number of benzene rings is 1. The molecule has 1 aliphatic heterocycles. The molecule has 1 aromatic carbocycles. The molecule has 1 amide bonds. The zero-order chi connectivity index (χ0) is 17.3. The van der Waals surface area contributed by atoms with Gasteiger partial charge in [0.05, 0.1) is 0 Å². The lowest BCUT2D eigenvalue weighted by Crippen LogP contribution is -2.37. The summed E-state index contributed by atoms with van der Waals surface area (Å²) in [6.45, 7) is 0.431. The maximum absolute atomic E-state index is 14.0. The molecular weight excluding hydrogens is 331 g/mol. The first kappa shape index (κ1) is 16.1. The van der Waals surface area contributed by atoms with E-state index < -0.39 is 17.3 Å². The smallest absolute Gasteiger partial charge is 0.267 e. The molecule has 1 aliphatic rings. The molecule has 1 N–H and O–H groups in total. The summed E-state index contributed by atoms with van der Waals surface area (Å²) in [6.07, 6.45) is 0.227. The molecule has 2 aromatic rings. The number of carbonyl (C=O) groups is 1. The van der Waals surface area contributed by atoms with E-state index in [9.17, 15) is 14.3 Å². The zero-order valence-corrected chi connectivity index (χ0v) is 13.4. The number of halogens is 1. The van der Waals surface area contributed by atoms with Crippen LogP contribution in [0, 0.1) is 29.0 Å². The van der Waals surface area contributed by atoms with Crippen molar-refractivity contribution in [3.8, 4) is 28.5 Å². The first-order chi connectivity index (χ1) is 11.4. The summed E-state index contributed by atoms with van der Waals surface area (Å²) in [7, 11) is 1.60. The molecule has 1 atom stereocenters. The predicted molar refractivity (Wildman–Crippen MR) is 84.1 cm³/mol. The Morgan fingerprint density at radius 1 is 1.50 bits per heavy atom. The number of likely N-dealkylation sites (N-methyl/N-ethyl adjacent to an activating group) is 1. The van der Waals surface area contributed by atoms with Crippen LogP contribution in [0.2, 0.25) is 0 Å². The molecule has 3 rings (SSSR count). The third kappa shape index (κ3) is 2.85. The number of aliphatic hydroxyl groups is 1. The molecule has 120 valence electrons. The largest absolute Gasteiger partial charge is 0.369 e. The third-order valence-electron chi connectivity index (χ3n) is 3.65. The molecule has 0 radical (unpaired) electrons. The molecule has 0 spiro atoms. The number of amides is 1. The van der Waals surface area contributed by atoms with E-state index in [1.807, 2.05) is 0 Å². The van der Waals surface area contributed by atoms with Gasteiger partial charge in [-0.15, -0.1) is 0 Å². The van der Waals surface area contributed by atoms with Crippen LogP contribution in [-0.2, 0) is 4.79 Å². The monoisotopic (exact) mass is 342 g/mol. The topological polar surface area (TPSA) is 90.1 Å². The number of hydrogen-bond donors (Lipinski definition) is 1. The number of nitrogens with zero attached hydrogens (tertiary/aromatic N) is 4. The molecular formula is C16H11FN4O2S. The van der Waals surface area contributed by atoms with E-state index in [-0.39, 0.29) is 22.8 Å². The Hall–Kier alpha value is -2.81. The summed E-state index contributed by atoms with van der Waals surface area (Å²) in [5, 5.41) is 19.3. The quantitative estimate of drug-likeness (QED) is 0.786. The molecule has 1 fully saturated rings. The number of aromatic nitrogens is 2. The minimum absolute atomic E-state index is 0.0280. The summed E-state index contributed by atoms with van der Waals surface area (Å²) < 4.78 is 17.8. The van der Waals surface area contributed by atoms with E-state index in [1.54, 1.807) is 13.1 Å². The van der Waals surface area contributed by atoms with Crippen LogP contribution in [0.1, 0.15) is 17.8 Å². The van der Waals surface area contributed by atoms with Crippen molar-refractivity contribution in [2.75, 3.05) is 13.6 Å². The van der Waals surface area contributed by atoms with Crippen molar-refractivity contribution in [1.82, 2.24) is 14.3 Å². The van der Waals surface area contributed by atoms with Crippen LogP contribution in [-0.4, -0.2) is 44.5 Å². The second-order valence-corrected chi connectivity index (χ2v) is 6.07. The van der Waals surface area contributed by atoms with Crippen molar-refractivity contribution in [3.63, 3.8) is 0 Å². The molecule has 0 aliphatic carbocycles. The molecule has 1 saturated heterocycles. The van der Waals surface area contributed by atoms with Gasteiger partial charge in [-0.25, -0.2) is 9.37 Å². The molecule has 24 heavy (non-hydrogen) atoms. The van der Waals surface area contributed by atoms with Gasteiger partial charge >= 0.3 is 0 Å². The Kier molecular flexibility index (Phi) is 4.02. The average molecular weight is 342 g/mol. The Labute approximate surface area is 141 Å². The molecule has 2 heterocycles. The van der Waals surface area contributed by atoms with Gasteiger partial charge in [-0.2, -0.15) is 9.64 Å². The Balaban J connectivity index is 1.95. The van der Waals surface area contributed by atoms with Gasteiger partial charge in [0.1, 0.15) is 16.9 Å². The van der Waals surface area contributed by atoms with Crippen molar-refractivity contribution in [2.24, 2.45) is 0 Å². The van der Waals surface area contributed by atoms with Crippen LogP contribution in [0.3, 0.4) is 0 Å². The van der Waals surface area contributed by atoms with Gasteiger partial charge in [0.2, 0.25) is 11.4 Å². The fourth-order valence-electron chi connectivity index (χ4n) is 2.29. The van der Waals surface area contributed by atoms with E-state index in [0.717, 1.165) is 11.5 Å². The molecule has 0 saturated carbocycles. The lowest BCUT2D eigenvalue weighted by atomic mass is 10.0. The molecule has 6 nitrogen and oxygen atoms in total. The van der Waals surface area contributed by atoms with Gasteiger partial charge < -0.3 is 10.0 Å². The zero-order valence-electron chi connectivity index (χ0n) is 12.6. The van der Waals surface area contributed by atoms with Gasteiger partial charge in [0.15, 0.2) is 0 Å². The van der Waals surface area contributed by atoms with Crippen LogP contribution in [0.4, 0.5) is 4.39 Å². The first-order valence-electron chi connectivity index (χ1n) is 6.98. The molecule has 1 aromatic heterocycles.